The van der Waals surface area contributed by atoms with E-state index in [4.69, 9.17) is 5.73 Å². The van der Waals surface area contributed by atoms with Crippen molar-refractivity contribution in [2.45, 2.75) is 36.7 Å². The highest BCUT2D eigenvalue weighted by Crippen LogP contribution is 2.32. The maximum Gasteiger partial charge on any atom is 0.416 e. The molecule has 1 aromatic carbocycles. The molecule has 2 atom stereocenters. The van der Waals surface area contributed by atoms with Gasteiger partial charge in [0.2, 0.25) is 0 Å². The fourth-order valence-electron chi connectivity index (χ4n) is 2.48. The van der Waals surface area contributed by atoms with Crippen LogP contribution in [0.3, 0.4) is 0 Å². The van der Waals surface area contributed by atoms with E-state index in [-0.39, 0.29) is 17.3 Å². The molecular formula is C14H17F3N2OS. The summed E-state index contributed by atoms with van der Waals surface area (Å²) in [7, 11) is 0. The first-order chi connectivity index (χ1) is 9.81. The van der Waals surface area contributed by atoms with E-state index in [9.17, 15) is 18.0 Å². The molecule has 1 saturated carbocycles. The fraction of sp³-hybridized carbons (Fsp3) is 0.500. The average molecular weight is 318 g/mol. The van der Waals surface area contributed by atoms with E-state index >= 15 is 0 Å². The molecule has 7 heteroatoms. The SMILES string of the molecule is CS[C@@H]1CC[C@@H](NC(=O)c2cc(C(F)(F)F)ccc2N)C1. The number of amides is 1. The van der Waals surface area contributed by atoms with Gasteiger partial charge in [0.05, 0.1) is 11.1 Å². The summed E-state index contributed by atoms with van der Waals surface area (Å²) in [4.78, 5) is 12.1. The number of thioether (sulfide) groups is 1. The highest BCUT2D eigenvalue weighted by atomic mass is 32.2. The second-order valence-electron chi connectivity index (χ2n) is 5.14. The molecule has 116 valence electrons. The number of nitrogens with two attached hydrogens (primary N) is 1. The van der Waals surface area contributed by atoms with Crippen LogP contribution in [-0.2, 0) is 6.18 Å². The number of nitrogen functional groups attached to an aromatic ring is 1. The molecule has 3 nitrogen and oxygen atoms in total. The van der Waals surface area contributed by atoms with Gasteiger partial charge < -0.3 is 11.1 Å². The normalized spacial score (nSPS) is 22.3. The monoisotopic (exact) mass is 318 g/mol. The maximum absolute atomic E-state index is 12.7. The summed E-state index contributed by atoms with van der Waals surface area (Å²) in [5, 5.41) is 3.27. The number of hydrogen-bond donors (Lipinski definition) is 2. The lowest BCUT2D eigenvalue weighted by Crippen LogP contribution is -2.33. The Labute approximate surface area is 125 Å². The van der Waals surface area contributed by atoms with Crippen LogP contribution in [0.4, 0.5) is 18.9 Å². The quantitative estimate of drug-likeness (QED) is 0.841. The summed E-state index contributed by atoms with van der Waals surface area (Å²) < 4.78 is 38.1. The molecule has 21 heavy (non-hydrogen) atoms. The van der Waals surface area contributed by atoms with Crippen molar-refractivity contribution in [1.29, 1.82) is 0 Å². The first kappa shape index (κ1) is 16.0. The number of carbonyl (C=O) groups excluding carboxylic acids is 1. The molecule has 0 spiro atoms. The lowest BCUT2D eigenvalue weighted by atomic mass is 10.1. The molecule has 0 aromatic heterocycles. The Bertz CT molecular complexity index is 533. The molecule has 1 aliphatic rings. The molecule has 0 unspecified atom stereocenters. The van der Waals surface area contributed by atoms with Gasteiger partial charge in [0.15, 0.2) is 0 Å². The Morgan fingerprint density at radius 1 is 1.38 bits per heavy atom. The third-order valence-corrected chi connectivity index (χ3v) is 4.77. The molecule has 0 aliphatic heterocycles. The van der Waals surface area contributed by atoms with Crippen molar-refractivity contribution in [3.63, 3.8) is 0 Å². The smallest absolute Gasteiger partial charge is 0.398 e. The van der Waals surface area contributed by atoms with Crippen LogP contribution in [0.5, 0.6) is 0 Å². The van der Waals surface area contributed by atoms with Gasteiger partial charge in [-0.25, -0.2) is 0 Å². The summed E-state index contributed by atoms with van der Waals surface area (Å²) in [5.41, 5.74) is 4.71. The fourth-order valence-corrected chi connectivity index (χ4v) is 3.27. The van der Waals surface area contributed by atoms with Gasteiger partial charge in [-0.15, -0.1) is 0 Å². The Balaban J connectivity index is 2.12. The standard InChI is InChI=1S/C14H17F3N2OS/c1-21-10-4-3-9(7-10)19-13(20)11-6-8(14(15,16)17)2-5-12(11)18/h2,5-6,9-10H,3-4,7,18H2,1H3,(H,19,20)/t9-,10-/m1/s1. The van der Waals surface area contributed by atoms with Gasteiger partial charge in [-0.2, -0.15) is 24.9 Å². The number of anilines is 1. The molecule has 1 aromatic rings. The Morgan fingerprint density at radius 3 is 2.67 bits per heavy atom. The number of carbonyl (C=O) groups is 1. The minimum atomic E-state index is -4.49. The highest BCUT2D eigenvalue weighted by Gasteiger charge is 2.32. The van der Waals surface area contributed by atoms with Gasteiger partial charge in [-0.05, 0) is 43.7 Å². The first-order valence-corrected chi connectivity index (χ1v) is 7.90. The van der Waals surface area contributed by atoms with Crippen molar-refractivity contribution in [3.05, 3.63) is 29.3 Å². The molecule has 1 fully saturated rings. The lowest BCUT2D eigenvalue weighted by Gasteiger charge is -2.15. The van der Waals surface area contributed by atoms with Crippen LogP contribution in [0.1, 0.15) is 35.2 Å². The van der Waals surface area contributed by atoms with Crippen molar-refractivity contribution in [2.24, 2.45) is 0 Å². The molecule has 1 aliphatic carbocycles. The van der Waals surface area contributed by atoms with Gasteiger partial charge in [0.25, 0.3) is 5.91 Å². The molecule has 0 bridgehead atoms. The number of rotatable bonds is 3. The van der Waals surface area contributed by atoms with Crippen molar-refractivity contribution < 1.29 is 18.0 Å². The summed E-state index contributed by atoms with van der Waals surface area (Å²) in [6.45, 7) is 0. The summed E-state index contributed by atoms with van der Waals surface area (Å²) in [6.07, 6.45) is 0.214. The molecular weight excluding hydrogens is 301 g/mol. The topological polar surface area (TPSA) is 55.1 Å². The number of halogens is 3. The molecule has 0 heterocycles. The van der Waals surface area contributed by atoms with Crippen LogP contribution >= 0.6 is 11.8 Å². The predicted octanol–water partition coefficient (Wildman–Crippen LogP) is 3.30. The third kappa shape index (κ3) is 3.84. The predicted molar refractivity (Wildman–Crippen MR) is 78.3 cm³/mol. The van der Waals surface area contributed by atoms with Crippen molar-refractivity contribution in [3.8, 4) is 0 Å². The zero-order chi connectivity index (χ0) is 15.6. The third-order valence-electron chi connectivity index (χ3n) is 3.68. The largest absolute Gasteiger partial charge is 0.416 e. The molecule has 1 amide bonds. The summed E-state index contributed by atoms with van der Waals surface area (Å²) >= 11 is 1.74. The molecule has 3 N–H and O–H groups in total. The van der Waals surface area contributed by atoms with Crippen LogP contribution < -0.4 is 11.1 Å². The average Bonchev–Trinajstić information content (AvgIpc) is 2.85. The van der Waals surface area contributed by atoms with E-state index in [1.165, 1.54) is 0 Å². The minimum absolute atomic E-state index is 0.00360. The van der Waals surface area contributed by atoms with Crippen molar-refractivity contribution in [2.75, 3.05) is 12.0 Å². The molecule has 0 saturated heterocycles. The van der Waals surface area contributed by atoms with Crippen LogP contribution in [0.25, 0.3) is 0 Å². The molecule has 0 radical (unpaired) electrons. The maximum atomic E-state index is 12.7. The van der Waals surface area contributed by atoms with Gasteiger partial charge >= 0.3 is 6.18 Å². The van der Waals surface area contributed by atoms with Crippen molar-refractivity contribution in [1.82, 2.24) is 5.32 Å². The second-order valence-corrected chi connectivity index (χ2v) is 6.28. The van der Waals surface area contributed by atoms with Crippen LogP contribution in [0.2, 0.25) is 0 Å². The molecule has 2 rings (SSSR count). The zero-order valence-electron chi connectivity index (χ0n) is 11.5. The Kier molecular flexibility index (Phi) is 4.70. The number of benzene rings is 1. The van der Waals surface area contributed by atoms with E-state index in [1.54, 1.807) is 11.8 Å². The lowest BCUT2D eigenvalue weighted by molar-refractivity contribution is -0.137. The van der Waals surface area contributed by atoms with E-state index in [0.717, 1.165) is 37.5 Å². The summed E-state index contributed by atoms with van der Waals surface area (Å²) in [6, 6.07) is 2.82. The van der Waals surface area contributed by atoms with E-state index < -0.39 is 17.6 Å². The Hall–Kier alpha value is -1.37. The highest BCUT2D eigenvalue weighted by molar-refractivity contribution is 7.99. The van der Waals surface area contributed by atoms with Gasteiger partial charge in [-0.1, -0.05) is 0 Å². The van der Waals surface area contributed by atoms with Gasteiger partial charge in [0, 0.05) is 17.0 Å². The number of nitrogens with one attached hydrogen (secondary N) is 1. The van der Waals surface area contributed by atoms with E-state index in [0.29, 0.717) is 5.25 Å². The van der Waals surface area contributed by atoms with Gasteiger partial charge in [-0.3, -0.25) is 4.79 Å². The minimum Gasteiger partial charge on any atom is -0.398 e. The Morgan fingerprint density at radius 2 is 2.10 bits per heavy atom. The van der Waals surface area contributed by atoms with E-state index in [1.807, 2.05) is 6.26 Å². The number of alkyl halides is 3. The first-order valence-electron chi connectivity index (χ1n) is 6.61. The van der Waals surface area contributed by atoms with Crippen LogP contribution in [0, 0.1) is 0 Å². The van der Waals surface area contributed by atoms with Crippen LogP contribution in [-0.4, -0.2) is 23.5 Å². The number of hydrogen-bond acceptors (Lipinski definition) is 3. The van der Waals surface area contributed by atoms with E-state index in [2.05, 4.69) is 5.32 Å². The van der Waals surface area contributed by atoms with Crippen LogP contribution in [0.15, 0.2) is 18.2 Å². The van der Waals surface area contributed by atoms with Crippen molar-refractivity contribution >= 4 is 23.4 Å². The second kappa shape index (κ2) is 6.17. The zero-order valence-corrected chi connectivity index (χ0v) is 12.4. The van der Waals surface area contributed by atoms with Gasteiger partial charge in [0.1, 0.15) is 0 Å². The summed E-state index contributed by atoms with van der Waals surface area (Å²) in [5.74, 6) is -0.537.